The molecule has 1 aromatic rings. The lowest BCUT2D eigenvalue weighted by atomic mass is 10.3. The standard InChI is InChI=1S/C11H12F3NO5S/c1-15(7-10(16)19-2)21(17,18)9-5-3-4-8(6-9)20-11(12,13)14/h3-6H,7H2,1-2H3. The van der Waals surface area contributed by atoms with Crippen LogP contribution in [0.25, 0.3) is 0 Å². The van der Waals surface area contributed by atoms with Crippen LogP contribution in [-0.2, 0) is 19.6 Å². The first-order valence-corrected chi connectivity index (χ1v) is 6.89. The highest BCUT2D eigenvalue weighted by molar-refractivity contribution is 7.89. The van der Waals surface area contributed by atoms with Gasteiger partial charge in [-0.3, -0.25) is 4.79 Å². The first kappa shape index (κ1) is 17.2. The molecule has 10 heteroatoms. The molecule has 0 N–H and O–H groups in total. The van der Waals surface area contributed by atoms with Gasteiger partial charge in [0.25, 0.3) is 0 Å². The highest BCUT2D eigenvalue weighted by Crippen LogP contribution is 2.25. The largest absolute Gasteiger partial charge is 0.573 e. The van der Waals surface area contributed by atoms with Crippen molar-refractivity contribution >= 4 is 16.0 Å². The molecule has 0 aliphatic carbocycles. The third-order valence-corrected chi connectivity index (χ3v) is 4.13. The van der Waals surface area contributed by atoms with Crippen LogP contribution in [-0.4, -0.2) is 45.8 Å². The SMILES string of the molecule is COC(=O)CN(C)S(=O)(=O)c1cccc(OC(F)(F)F)c1. The van der Waals surface area contributed by atoms with E-state index in [1.165, 1.54) is 0 Å². The number of hydrogen-bond donors (Lipinski definition) is 0. The predicted molar refractivity (Wildman–Crippen MR) is 65.0 cm³/mol. The van der Waals surface area contributed by atoms with Gasteiger partial charge in [0.1, 0.15) is 12.3 Å². The van der Waals surface area contributed by atoms with E-state index in [2.05, 4.69) is 9.47 Å². The van der Waals surface area contributed by atoms with Crippen molar-refractivity contribution in [2.24, 2.45) is 0 Å². The molecule has 21 heavy (non-hydrogen) atoms. The molecule has 0 aromatic heterocycles. The summed E-state index contributed by atoms with van der Waals surface area (Å²) >= 11 is 0. The lowest BCUT2D eigenvalue weighted by Gasteiger charge is -2.16. The highest BCUT2D eigenvalue weighted by Gasteiger charge is 2.32. The first-order valence-electron chi connectivity index (χ1n) is 5.45. The molecule has 118 valence electrons. The van der Waals surface area contributed by atoms with Crippen molar-refractivity contribution in [1.82, 2.24) is 4.31 Å². The van der Waals surface area contributed by atoms with Gasteiger partial charge in [-0.2, -0.15) is 4.31 Å². The maximum atomic E-state index is 12.1. The van der Waals surface area contributed by atoms with Crippen molar-refractivity contribution in [1.29, 1.82) is 0 Å². The zero-order chi connectivity index (χ0) is 16.3. The maximum absolute atomic E-state index is 12.1. The fourth-order valence-electron chi connectivity index (χ4n) is 1.34. The molecular formula is C11H12F3NO5S. The van der Waals surface area contributed by atoms with Crippen molar-refractivity contribution < 1.29 is 35.9 Å². The molecule has 0 aliphatic heterocycles. The van der Waals surface area contributed by atoms with E-state index in [0.29, 0.717) is 4.31 Å². The number of methoxy groups -OCH3 is 1. The smallest absolute Gasteiger partial charge is 0.468 e. The van der Waals surface area contributed by atoms with E-state index in [9.17, 15) is 26.4 Å². The summed E-state index contributed by atoms with van der Waals surface area (Å²) in [5, 5.41) is 0. The van der Waals surface area contributed by atoms with Crippen LogP contribution in [0.4, 0.5) is 13.2 Å². The minimum atomic E-state index is -4.93. The lowest BCUT2D eigenvalue weighted by Crippen LogP contribution is -2.32. The number of sulfonamides is 1. The van der Waals surface area contributed by atoms with Gasteiger partial charge in [-0.15, -0.1) is 13.2 Å². The molecule has 0 fully saturated rings. The third kappa shape index (κ3) is 4.90. The van der Waals surface area contributed by atoms with Crippen molar-refractivity contribution in [3.8, 4) is 5.75 Å². The molecule has 1 rings (SSSR count). The van der Waals surface area contributed by atoms with Gasteiger partial charge in [-0.25, -0.2) is 8.42 Å². The number of ether oxygens (including phenoxy) is 2. The molecule has 0 bridgehead atoms. The molecule has 6 nitrogen and oxygen atoms in total. The number of hydrogen-bond acceptors (Lipinski definition) is 5. The second-order valence-corrected chi connectivity index (χ2v) is 5.90. The van der Waals surface area contributed by atoms with E-state index < -0.39 is 39.5 Å². The van der Waals surface area contributed by atoms with Crippen LogP contribution < -0.4 is 4.74 Å². The average molecular weight is 327 g/mol. The number of halogens is 3. The van der Waals surface area contributed by atoms with Gasteiger partial charge < -0.3 is 9.47 Å². The Balaban J connectivity index is 3.03. The fourth-order valence-corrected chi connectivity index (χ4v) is 2.49. The molecular weight excluding hydrogens is 315 g/mol. The number of carbonyl (C=O) groups excluding carboxylic acids is 1. The molecule has 0 amide bonds. The summed E-state index contributed by atoms with van der Waals surface area (Å²) in [7, 11) is -1.95. The molecule has 0 aliphatic rings. The van der Waals surface area contributed by atoms with Crippen molar-refractivity contribution in [3.05, 3.63) is 24.3 Å². The molecule has 0 saturated carbocycles. The van der Waals surface area contributed by atoms with Crippen LogP contribution in [0.15, 0.2) is 29.2 Å². The topological polar surface area (TPSA) is 72.9 Å². The molecule has 0 spiro atoms. The summed E-state index contributed by atoms with van der Waals surface area (Å²) in [6.45, 7) is -0.566. The number of esters is 1. The van der Waals surface area contributed by atoms with Crippen molar-refractivity contribution in [2.75, 3.05) is 20.7 Å². The van der Waals surface area contributed by atoms with Crippen molar-refractivity contribution in [3.63, 3.8) is 0 Å². The summed E-state index contributed by atoms with van der Waals surface area (Å²) in [6, 6.07) is 3.87. The van der Waals surface area contributed by atoms with Gasteiger partial charge in [0.2, 0.25) is 10.0 Å². The van der Waals surface area contributed by atoms with Gasteiger partial charge >= 0.3 is 12.3 Å². The van der Waals surface area contributed by atoms with E-state index >= 15 is 0 Å². The van der Waals surface area contributed by atoms with E-state index in [4.69, 9.17) is 0 Å². The number of alkyl halides is 3. The number of likely N-dealkylation sites (N-methyl/N-ethyl adjacent to an activating group) is 1. The van der Waals surface area contributed by atoms with Gasteiger partial charge in [-0.1, -0.05) is 6.07 Å². The van der Waals surface area contributed by atoms with E-state index in [1.807, 2.05) is 0 Å². The molecule has 0 saturated heterocycles. The molecule has 0 atom stereocenters. The Morgan fingerprint density at radius 2 is 1.95 bits per heavy atom. The van der Waals surface area contributed by atoms with Crippen LogP contribution in [0.2, 0.25) is 0 Å². The number of carbonyl (C=O) groups is 1. The lowest BCUT2D eigenvalue weighted by molar-refractivity contribution is -0.274. The summed E-state index contributed by atoms with van der Waals surface area (Å²) in [5.74, 6) is -1.47. The molecule has 0 radical (unpaired) electrons. The zero-order valence-electron chi connectivity index (χ0n) is 11.0. The first-order chi connectivity index (χ1) is 9.56. The minimum absolute atomic E-state index is 0.435. The monoisotopic (exact) mass is 327 g/mol. The predicted octanol–water partition coefficient (Wildman–Crippen LogP) is 1.38. The van der Waals surface area contributed by atoms with E-state index in [1.54, 1.807) is 0 Å². The maximum Gasteiger partial charge on any atom is 0.573 e. The normalized spacial score (nSPS) is 12.3. The van der Waals surface area contributed by atoms with Gasteiger partial charge in [0, 0.05) is 13.1 Å². The average Bonchev–Trinajstić information content (AvgIpc) is 2.36. The summed E-state index contributed by atoms with van der Waals surface area (Å²) in [6.07, 6.45) is -4.93. The second kappa shape index (κ2) is 6.31. The Morgan fingerprint density at radius 1 is 1.33 bits per heavy atom. The quantitative estimate of drug-likeness (QED) is 0.764. The van der Waals surface area contributed by atoms with E-state index in [0.717, 1.165) is 38.4 Å². The molecule has 1 aromatic carbocycles. The Hall–Kier alpha value is -1.81. The minimum Gasteiger partial charge on any atom is -0.468 e. The van der Waals surface area contributed by atoms with Crippen LogP contribution in [0.1, 0.15) is 0 Å². The Morgan fingerprint density at radius 3 is 2.48 bits per heavy atom. The summed E-state index contributed by atoms with van der Waals surface area (Å²) in [4.78, 5) is 10.6. The Kier molecular flexibility index (Phi) is 5.18. The van der Waals surface area contributed by atoms with Gasteiger partial charge in [-0.05, 0) is 12.1 Å². The van der Waals surface area contributed by atoms with Crippen LogP contribution in [0.3, 0.4) is 0 Å². The number of nitrogens with zero attached hydrogens (tertiary/aromatic N) is 1. The number of benzene rings is 1. The van der Waals surface area contributed by atoms with E-state index in [-0.39, 0.29) is 0 Å². The zero-order valence-corrected chi connectivity index (χ0v) is 11.9. The second-order valence-electron chi connectivity index (χ2n) is 3.86. The number of rotatable bonds is 5. The van der Waals surface area contributed by atoms with Crippen LogP contribution in [0.5, 0.6) is 5.75 Å². The third-order valence-electron chi connectivity index (χ3n) is 2.33. The molecule has 0 heterocycles. The Labute approximate surface area is 119 Å². The van der Waals surface area contributed by atoms with Gasteiger partial charge in [0.15, 0.2) is 0 Å². The highest BCUT2D eigenvalue weighted by atomic mass is 32.2. The Bertz CT molecular complexity index is 615. The summed E-state index contributed by atoms with van der Waals surface area (Å²) < 4.78 is 69.1. The van der Waals surface area contributed by atoms with Crippen molar-refractivity contribution in [2.45, 2.75) is 11.3 Å². The summed E-state index contributed by atoms with van der Waals surface area (Å²) in [5.41, 5.74) is 0. The fraction of sp³-hybridized carbons (Fsp3) is 0.364. The van der Waals surface area contributed by atoms with Crippen LogP contribution >= 0.6 is 0 Å². The molecule has 0 unspecified atom stereocenters. The van der Waals surface area contributed by atoms with Crippen LogP contribution in [0, 0.1) is 0 Å². The van der Waals surface area contributed by atoms with Gasteiger partial charge in [0.05, 0.1) is 12.0 Å².